The third-order valence-corrected chi connectivity index (χ3v) is 3.32. The summed E-state index contributed by atoms with van der Waals surface area (Å²) in [6, 6.07) is 0.521. The molecule has 4 heteroatoms. The van der Waals surface area contributed by atoms with E-state index in [0.717, 1.165) is 32.5 Å². The lowest BCUT2D eigenvalue weighted by Crippen LogP contribution is -2.47. The van der Waals surface area contributed by atoms with Gasteiger partial charge in [0.2, 0.25) is 5.91 Å². The molecule has 1 atom stereocenters. The number of fused-ring (bicyclic) bond motifs is 1. The number of carbonyl (C=O) groups excluding carboxylic acids is 1. The van der Waals surface area contributed by atoms with Crippen LogP contribution in [0.1, 0.15) is 12.8 Å². The fourth-order valence-electron chi connectivity index (χ4n) is 1.83. The molecule has 0 aliphatic carbocycles. The zero-order valence-corrected chi connectivity index (χ0v) is 8.45. The van der Waals surface area contributed by atoms with Crippen LogP contribution < -0.4 is 0 Å². The van der Waals surface area contributed by atoms with Crippen molar-refractivity contribution >= 4 is 28.8 Å². The van der Waals surface area contributed by atoms with E-state index in [0.29, 0.717) is 11.9 Å². The van der Waals surface area contributed by atoms with Crippen LogP contribution in [-0.4, -0.2) is 39.6 Å². The molecular formula is C7H11IN2O. The van der Waals surface area contributed by atoms with Gasteiger partial charge >= 0.3 is 0 Å². The summed E-state index contributed by atoms with van der Waals surface area (Å²) in [5, 5.41) is 0. The average molecular weight is 266 g/mol. The van der Waals surface area contributed by atoms with E-state index in [1.54, 1.807) is 0 Å². The standard InChI is InChI=1S/C7H11IN2O/c8-9-3-4-10-6(5-9)1-2-7(10)11/h6H,1-5H2/t6-/m0/s1. The molecule has 0 aromatic carbocycles. The number of rotatable bonds is 0. The van der Waals surface area contributed by atoms with E-state index in [9.17, 15) is 4.79 Å². The van der Waals surface area contributed by atoms with Gasteiger partial charge in [-0.15, -0.1) is 0 Å². The van der Waals surface area contributed by atoms with Crippen molar-refractivity contribution in [3.8, 4) is 0 Å². The molecule has 2 aliphatic rings. The zero-order valence-electron chi connectivity index (χ0n) is 6.29. The minimum absolute atomic E-state index is 0.361. The van der Waals surface area contributed by atoms with Crippen LogP contribution >= 0.6 is 22.9 Å². The van der Waals surface area contributed by atoms with Gasteiger partial charge in [-0.05, 0) is 6.42 Å². The lowest BCUT2D eigenvalue weighted by molar-refractivity contribution is -0.129. The number of nitrogens with zero attached hydrogens (tertiary/aromatic N) is 2. The van der Waals surface area contributed by atoms with Gasteiger partial charge in [0.15, 0.2) is 0 Å². The molecule has 0 saturated carbocycles. The second kappa shape index (κ2) is 2.90. The van der Waals surface area contributed by atoms with Crippen LogP contribution in [0.5, 0.6) is 0 Å². The molecule has 0 spiro atoms. The summed E-state index contributed by atoms with van der Waals surface area (Å²) in [6.07, 6.45) is 1.84. The smallest absolute Gasteiger partial charge is 0.222 e. The molecule has 1 amide bonds. The van der Waals surface area contributed by atoms with Crippen molar-refractivity contribution in [2.45, 2.75) is 18.9 Å². The Morgan fingerprint density at radius 2 is 2.27 bits per heavy atom. The maximum atomic E-state index is 11.2. The van der Waals surface area contributed by atoms with Gasteiger partial charge in [-0.3, -0.25) is 4.79 Å². The maximum absolute atomic E-state index is 11.2. The molecule has 2 aliphatic heterocycles. The molecule has 0 radical (unpaired) electrons. The van der Waals surface area contributed by atoms with Crippen molar-refractivity contribution in [1.82, 2.24) is 8.01 Å². The molecule has 0 aromatic rings. The molecule has 0 unspecified atom stereocenters. The molecule has 0 aromatic heterocycles. The topological polar surface area (TPSA) is 23.6 Å². The Balaban J connectivity index is 2.06. The first kappa shape index (κ1) is 7.79. The van der Waals surface area contributed by atoms with Gasteiger partial charge < -0.3 is 4.90 Å². The van der Waals surface area contributed by atoms with Gasteiger partial charge in [-0.25, -0.2) is 3.11 Å². The number of piperazine rings is 1. The van der Waals surface area contributed by atoms with E-state index in [4.69, 9.17) is 0 Å². The lowest BCUT2D eigenvalue weighted by atomic mass is 10.2. The number of carbonyl (C=O) groups is 1. The highest BCUT2D eigenvalue weighted by Gasteiger charge is 2.34. The molecule has 11 heavy (non-hydrogen) atoms. The van der Waals surface area contributed by atoms with E-state index in [2.05, 4.69) is 26.0 Å². The number of hydrogen-bond donors (Lipinski definition) is 0. The number of halogens is 1. The average Bonchev–Trinajstić information content (AvgIpc) is 2.32. The van der Waals surface area contributed by atoms with E-state index in [-0.39, 0.29) is 0 Å². The van der Waals surface area contributed by atoms with Crippen LogP contribution in [0.3, 0.4) is 0 Å². The SMILES string of the molecule is O=C1CC[C@H]2CN(I)CCN12. The fraction of sp³-hybridized carbons (Fsp3) is 0.857. The predicted octanol–water partition coefficient (Wildman–Crippen LogP) is 0.643. The van der Waals surface area contributed by atoms with E-state index < -0.39 is 0 Å². The van der Waals surface area contributed by atoms with Crippen molar-refractivity contribution < 1.29 is 4.79 Å². The second-order valence-corrected chi connectivity index (χ2v) is 4.51. The Bertz CT molecular complexity index is 185. The van der Waals surface area contributed by atoms with Gasteiger partial charge in [-0.1, -0.05) is 0 Å². The molecule has 2 fully saturated rings. The summed E-state index contributed by atoms with van der Waals surface area (Å²) < 4.78 is 2.28. The third-order valence-electron chi connectivity index (χ3n) is 2.44. The van der Waals surface area contributed by atoms with E-state index in [1.165, 1.54) is 0 Å². The summed E-state index contributed by atoms with van der Waals surface area (Å²) in [5.74, 6) is 0.361. The van der Waals surface area contributed by atoms with E-state index in [1.807, 2.05) is 4.90 Å². The molecule has 3 nitrogen and oxygen atoms in total. The Hall–Kier alpha value is 0.160. The zero-order chi connectivity index (χ0) is 7.84. The van der Waals surface area contributed by atoms with Crippen molar-refractivity contribution in [2.24, 2.45) is 0 Å². The molecule has 0 bridgehead atoms. The van der Waals surface area contributed by atoms with Crippen molar-refractivity contribution in [3.63, 3.8) is 0 Å². The first-order valence-electron chi connectivity index (χ1n) is 3.97. The van der Waals surface area contributed by atoms with Gasteiger partial charge in [0, 0.05) is 55.0 Å². The van der Waals surface area contributed by atoms with Gasteiger partial charge in [0.25, 0.3) is 0 Å². The van der Waals surface area contributed by atoms with Gasteiger partial charge in [0.05, 0.1) is 0 Å². The highest BCUT2D eigenvalue weighted by Crippen LogP contribution is 2.23. The highest BCUT2D eigenvalue weighted by atomic mass is 127. The van der Waals surface area contributed by atoms with Crippen LogP contribution in [0.4, 0.5) is 0 Å². The Morgan fingerprint density at radius 3 is 3.09 bits per heavy atom. The van der Waals surface area contributed by atoms with Gasteiger partial charge in [0.1, 0.15) is 0 Å². The summed E-state index contributed by atoms with van der Waals surface area (Å²) in [4.78, 5) is 13.3. The van der Waals surface area contributed by atoms with Crippen molar-refractivity contribution in [2.75, 3.05) is 19.6 Å². The Kier molecular flexibility index (Phi) is 2.05. The number of amides is 1. The molecular weight excluding hydrogens is 255 g/mol. The van der Waals surface area contributed by atoms with Crippen LogP contribution in [0.25, 0.3) is 0 Å². The summed E-state index contributed by atoms with van der Waals surface area (Å²) in [5.41, 5.74) is 0. The van der Waals surface area contributed by atoms with Crippen LogP contribution in [-0.2, 0) is 4.79 Å². The van der Waals surface area contributed by atoms with Crippen molar-refractivity contribution in [3.05, 3.63) is 0 Å². The normalized spacial score (nSPS) is 32.6. The molecule has 0 N–H and O–H groups in total. The lowest BCUT2D eigenvalue weighted by Gasteiger charge is -2.34. The molecule has 2 heterocycles. The number of hydrogen-bond acceptors (Lipinski definition) is 2. The van der Waals surface area contributed by atoms with Crippen LogP contribution in [0, 0.1) is 0 Å². The first-order chi connectivity index (χ1) is 5.27. The minimum Gasteiger partial charge on any atom is -0.337 e. The maximum Gasteiger partial charge on any atom is 0.222 e. The largest absolute Gasteiger partial charge is 0.337 e. The summed E-state index contributed by atoms with van der Waals surface area (Å²) in [6.45, 7) is 3.03. The predicted molar refractivity (Wildman–Crippen MR) is 50.3 cm³/mol. The Labute approximate surface area is 80.2 Å². The van der Waals surface area contributed by atoms with Crippen LogP contribution in [0.15, 0.2) is 0 Å². The van der Waals surface area contributed by atoms with Gasteiger partial charge in [-0.2, -0.15) is 0 Å². The third kappa shape index (κ3) is 1.38. The second-order valence-electron chi connectivity index (χ2n) is 3.15. The molecule has 2 saturated heterocycles. The van der Waals surface area contributed by atoms with Crippen LogP contribution in [0.2, 0.25) is 0 Å². The highest BCUT2D eigenvalue weighted by molar-refractivity contribution is 14.1. The summed E-state index contributed by atoms with van der Waals surface area (Å²) >= 11 is 2.34. The van der Waals surface area contributed by atoms with E-state index >= 15 is 0 Å². The Morgan fingerprint density at radius 1 is 1.45 bits per heavy atom. The quantitative estimate of drug-likeness (QED) is 0.474. The monoisotopic (exact) mass is 266 g/mol. The fourth-order valence-corrected chi connectivity index (χ4v) is 2.50. The molecule has 62 valence electrons. The molecule has 2 rings (SSSR count). The first-order valence-corrected chi connectivity index (χ1v) is 4.94. The minimum atomic E-state index is 0.361. The van der Waals surface area contributed by atoms with Crippen molar-refractivity contribution in [1.29, 1.82) is 0 Å². The summed E-state index contributed by atoms with van der Waals surface area (Å²) in [7, 11) is 0.